The summed E-state index contributed by atoms with van der Waals surface area (Å²) >= 11 is 0. The average molecular weight is 498 g/mol. The van der Waals surface area contributed by atoms with Crippen LogP contribution in [0.5, 0.6) is 0 Å². The molecule has 2 aliphatic heterocycles. The molecule has 2 aliphatic rings. The molecule has 0 amide bonds. The maximum atomic E-state index is 5.71. The van der Waals surface area contributed by atoms with Crippen LogP contribution in [0.4, 0.5) is 0 Å². The number of ether oxygens (including phenoxy) is 3. The molecule has 2 atom stereocenters. The van der Waals surface area contributed by atoms with Gasteiger partial charge >= 0.3 is 0 Å². The molecular weight excluding hydrogens is 459 g/mol. The lowest BCUT2D eigenvalue weighted by Gasteiger charge is -2.25. The molecule has 0 spiro atoms. The summed E-state index contributed by atoms with van der Waals surface area (Å²) in [6.45, 7) is 11.1. The average Bonchev–Trinajstić information content (AvgIpc) is 3.30. The molecule has 0 radical (unpaired) electrons. The molecule has 0 bridgehead atoms. The Morgan fingerprint density at radius 2 is 1.93 bits per heavy atom. The van der Waals surface area contributed by atoms with Crippen LogP contribution in [0, 0.1) is 5.92 Å². The maximum absolute atomic E-state index is 5.71. The third kappa shape index (κ3) is 8.81. The predicted molar refractivity (Wildman–Crippen MR) is 120 cm³/mol. The summed E-state index contributed by atoms with van der Waals surface area (Å²) in [6.07, 6.45) is 3.68. The highest BCUT2D eigenvalue weighted by Gasteiger charge is 2.27. The zero-order valence-electron chi connectivity index (χ0n) is 17.3. The Balaban J connectivity index is 0.00000364. The van der Waals surface area contributed by atoms with Gasteiger partial charge in [-0.15, -0.1) is 24.0 Å². The van der Waals surface area contributed by atoms with Gasteiger partial charge in [0.25, 0.3) is 0 Å². The molecular formula is C19H39IN4O3. The lowest BCUT2D eigenvalue weighted by atomic mass is 10.1. The summed E-state index contributed by atoms with van der Waals surface area (Å²) in [6, 6.07) is 0.551. The van der Waals surface area contributed by atoms with E-state index >= 15 is 0 Å². The van der Waals surface area contributed by atoms with Crippen LogP contribution < -0.4 is 5.32 Å². The maximum Gasteiger partial charge on any atom is 0.193 e. The highest BCUT2D eigenvalue weighted by Crippen LogP contribution is 2.19. The molecule has 0 aliphatic carbocycles. The van der Waals surface area contributed by atoms with Gasteiger partial charge in [-0.05, 0) is 32.7 Å². The van der Waals surface area contributed by atoms with Crippen LogP contribution in [0.25, 0.3) is 0 Å². The number of nitrogens with zero attached hydrogens (tertiary/aromatic N) is 3. The fourth-order valence-electron chi connectivity index (χ4n) is 3.78. The number of aliphatic imine (C=N–C) groups is 1. The van der Waals surface area contributed by atoms with Gasteiger partial charge < -0.3 is 24.4 Å². The Labute approximate surface area is 182 Å². The van der Waals surface area contributed by atoms with E-state index in [1.54, 1.807) is 14.2 Å². The molecule has 0 aromatic rings. The SMILES string of the molecule is CCNC(=NCC1CCCN1CCOC)N1CCC(COCCOC)C1.I. The van der Waals surface area contributed by atoms with Gasteiger partial charge in [0.1, 0.15) is 0 Å². The Kier molecular flexibility index (Phi) is 13.6. The van der Waals surface area contributed by atoms with Crippen molar-refractivity contribution in [1.82, 2.24) is 15.1 Å². The van der Waals surface area contributed by atoms with Crippen molar-refractivity contribution in [3.05, 3.63) is 0 Å². The minimum atomic E-state index is 0. The first-order chi connectivity index (χ1) is 12.8. The first-order valence-electron chi connectivity index (χ1n) is 10.1. The van der Waals surface area contributed by atoms with Gasteiger partial charge in [0.05, 0.1) is 33.0 Å². The van der Waals surface area contributed by atoms with Crippen molar-refractivity contribution in [2.45, 2.75) is 32.2 Å². The Hall–Kier alpha value is -0.160. The van der Waals surface area contributed by atoms with E-state index in [0.717, 1.165) is 51.9 Å². The van der Waals surface area contributed by atoms with Crippen molar-refractivity contribution in [3.63, 3.8) is 0 Å². The highest BCUT2D eigenvalue weighted by molar-refractivity contribution is 14.0. The van der Waals surface area contributed by atoms with Gasteiger partial charge in [-0.3, -0.25) is 9.89 Å². The molecule has 2 fully saturated rings. The summed E-state index contributed by atoms with van der Waals surface area (Å²) in [7, 11) is 3.48. The number of rotatable bonds is 11. The molecule has 7 nitrogen and oxygen atoms in total. The smallest absolute Gasteiger partial charge is 0.193 e. The molecule has 8 heteroatoms. The molecule has 2 heterocycles. The minimum Gasteiger partial charge on any atom is -0.383 e. The largest absolute Gasteiger partial charge is 0.383 e. The first kappa shape index (κ1) is 24.9. The molecule has 2 saturated heterocycles. The topological polar surface area (TPSA) is 58.6 Å². The van der Waals surface area contributed by atoms with E-state index in [-0.39, 0.29) is 24.0 Å². The second-order valence-corrected chi connectivity index (χ2v) is 7.19. The van der Waals surface area contributed by atoms with E-state index in [9.17, 15) is 0 Å². The summed E-state index contributed by atoms with van der Waals surface area (Å²) in [5.41, 5.74) is 0. The van der Waals surface area contributed by atoms with Crippen LogP contribution in [-0.4, -0.2) is 102 Å². The monoisotopic (exact) mass is 498 g/mol. The second-order valence-electron chi connectivity index (χ2n) is 7.19. The van der Waals surface area contributed by atoms with Crippen LogP contribution in [0.1, 0.15) is 26.2 Å². The minimum absolute atomic E-state index is 0. The number of hydrogen-bond acceptors (Lipinski definition) is 5. The van der Waals surface area contributed by atoms with Gasteiger partial charge in [0, 0.05) is 52.4 Å². The van der Waals surface area contributed by atoms with Crippen molar-refractivity contribution >= 4 is 29.9 Å². The van der Waals surface area contributed by atoms with E-state index in [2.05, 4.69) is 22.0 Å². The summed E-state index contributed by atoms with van der Waals surface area (Å²) in [4.78, 5) is 9.88. The van der Waals surface area contributed by atoms with E-state index in [1.165, 1.54) is 25.8 Å². The van der Waals surface area contributed by atoms with Crippen molar-refractivity contribution in [1.29, 1.82) is 0 Å². The molecule has 2 rings (SSSR count). The molecule has 0 saturated carbocycles. The third-order valence-corrected chi connectivity index (χ3v) is 5.24. The van der Waals surface area contributed by atoms with E-state index < -0.39 is 0 Å². The van der Waals surface area contributed by atoms with Crippen LogP contribution in [0.2, 0.25) is 0 Å². The van der Waals surface area contributed by atoms with Crippen LogP contribution in [0.15, 0.2) is 4.99 Å². The van der Waals surface area contributed by atoms with Gasteiger partial charge in [0.15, 0.2) is 5.96 Å². The lowest BCUT2D eigenvalue weighted by Crippen LogP contribution is -2.42. The number of nitrogens with one attached hydrogen (secondary N) is 1. The molecule has 0 aromatic heterocycles. The lowest BCUT2D eigenvalue weighted by molar-refractivity contribution is 0.0536. The Bertz CT molecular complexity index is 414. The van der Waals surface area contributed by atoms with Gasteiger partial charge in [-0.25, -0.2) is 0 Å². The summed E-state index contributed by atoms with van der Waals surface area (Å²) in [5.74, 6) is 1.64. The number of guanidine groups is 1. The predicted octanol–water partition coefficient (Wildman–Crippen LogP) is 1.67. The fourth-order valence-corrected chi connectivity index (χ4v) is 3.78. The normalized spacial score (nSPS) is 23.7. The van der Waals surface area contributed by atoms with Gasteiger partial charge in [0.2, 0.25) is 0 Å². The van der Waals surface area contributed by atoms with Crippen molar-refractivity contribution in [2.24, 2.45) is 10.9 Å². The van der Waals surface area contributed by atoms with Gasteiger partial charge in [-0.1, -0.05) is 0 Å². The van der Waals surface area contributed by atoms with Crippen molar-refractivity contribution in [3.8, 4) is 0 Å². The zero-order chi connectivity index (χ0) is 18.6. The zero-order valence-corrected chi connectivity index (χ0v) is 19.7. The van der Waals surface area contributed by atoms with Crippen LogP contribution in [-0.2, 0) is 14.2 Å². The highest BCUT2D eigenvalue weighted by atomic mass is 127. The summed E-state index contributed by atoms with van der Waals surface area (Å²) in [5, 5.41) is 3.48. The van der Waals surface area contributed by atoms with Crippen LogP contribution in [0.3, 0.4) is 0 Å². The molecule has 0 aromatic carbocycles. The van der Waals surface area contributed by atoms with E-state index in [0.29, 0.717) is 25.2 Å². The van der Waals surface area contributed by atoms with Crippen molar-refractivity contribution < 1.29 is 14.2 Å². The van der Waals surface area contributed by atoms with Gasteiger partial charge in [-0.2, -0.15) is 0 Å². The molecule has 1 N–H and O–H groups in total. The Morgan fingerprint density at radius 3 is 2.67 bits per heavy atom. The quantitative estimate of drug-likeness (QED) is 0.203. The Morgan fingerprint density at radius 1 is 1.11 bits per heavy atom. The fraction of sp³-hybridized carbons (Fsp3) is 0.947. The molecule has 160 valence electrons. The number of hydrogen-bond donors (Lipinski definition) is 1. The van der Waals surface area contributed by atoms with Crippen molar-refractivity contribution in [2.75, 3.05) is 79.9 Å². The number of likely N-dealkylation sites (tertiary alicyclic amines) is 2. The van der Waals surface area contributed by atoms with E-state index in [1.807, 2.05) is 0 Å². The van der Waals surface area contributed by atoms with Crippen LogP contribution >= 0.6 is 24.0 Å². The number of halogens is 1. The summed E-state index contributed by atoms with van der Waals surface area (Å²) < 4.78 is 16.0. The molecule has 27 heavy (non-hydrogen) atoms. The first-order valence-corrected chi connectivity index (χ1v) is 10.1. The standard InChI is InChI=1S/C19H38N4O3.HI/c1-4-20-19(21-14-18-6-5-8-22(18)10-11-24-2)23-9-7-17(15-23)16-26-13-12-25-3;/h17-18H,4-16H2,1-3H3,(H,20,21);1H. The molecule has 2 unspecified atom stereocenters. The second kappa shape index (κ2) is 14.8. The third-order valence-electron chi connectivity index (χ3n) is 5.24. The van der Waals surface area contributed by atoms with E-state index in [4.69, 9.17) is 19.2 Å². The number of methoxy groups -OCH3 is 2.